The van der Waals surface area contributed by atoms with E-state index in [9.17, 15) is 4.79 Å². The lowest BCUT2D eigenvalue weighted by Gasteiger charge is -2.22. The summed E-state index contributed by atoms with van der Waals surface area (Å²) >= 11 is 0. The number of rotatable bonds is 10. The highest BCUT2D eigenvalue weighted by Crippen LogP contribution is 2.21. The Morgan fingerprint density at radius 3 is 2.42 bits per heavy atom. The molecule has 0 radical (unpaired) electrons. The summed E-state index contributed by atoms with van der Waals surface area (Å²) in [5.41, 5.74) is 6.07. The van der Waals surface area contributed by atoms with Crippen molar-refractivity contribution in [1.29, 1.82) is 0 Å². The highest BCUT2D eigenvalue weighted by molar-refractivity contribution is 5.85. The summed E-state index contributed by atoms with van der Waals surface area (Å²) in [7, 11) is 1.66. The summed E-state index contributed by atoms with van der Waals surface area (Å²) in [6, 6.07) is 24.5. The van der Waals surface area contributed by atoms with Crippen molar-refractivity contribution in [3.8, 4) is 5.75 Å². The molecule has 0 atom stereocenters. The van der Waals surface area contributed by atoms with E-state index >= 15 is 0 Å². The van der Waals surface area contributed by atoms with Gasteiger partial charge in [-0.05, 0) is 71.1 Å². The van der Waals surface area contributed by atoms with Crippen LogP contribution in [0.3, 0.4) is 0 Å². The smallest absolute Gasteiger partial charge is 0.252 e. The Morgan fingerprint density at radius 2 is 1.66 bits per heavy atom. The zero-order valence-corrected chi connectivity index (χ0v) is 22.0. The molecule has 2 heterocycles. The van der Waals surface area contributed by atoms with Gasteiger partial charge in [-0.1, -0.05) is 54.6 Å². The second kappa shape index (κ2) is 11.4. The molecule has 2 aromatic heterocycles. The number of hydrogen-bond donors (Lipinski definition) is 1. The maximum absolute atomic E-state index is 13.2. The average Bonchev–Trinajstić information content (AvgIpc) is 3.38. The monoisotopic (exact) mass is 508 g/mol. The Morgan fingerprint density at radius 1 is 0.895 bits per heavy atom. The van der Waals surface area contributed by atoms with Gasteiger partial charge in [0.05, 0.1) is 19.2 Å². The second-order valence-electron chi connectivity index (χ2n) is 9.66. The zero-order chi connectivity index (χ0) is 26.5. The molecule has 0 aliphatic rings. The number of pyridine rings is 1. The molecule has 3 aromatic carbocycles. The summed E-state index contributed by atoms with van der Waals surface area (Å²) in [6.07, 6.45) is 0.834. The first-order valence-corrected chi connectivity index (χ1v) is 12.8. The van der Waals surface area contributed by atoms with Gasteiger partial charge in [-0.3, -0.25) is 9.69 Å². The first kappa shape index (κ1) is 25.4. The van der Waals surface area contributed by atoms with Crippen molar-refractivity contribution in [3.05, 3.63) is 117 Å². The molecule has 0 spiro atoms. The lowest BCUT2D eigenvalue weighted by Crippen LogP contribution is -2.28. The number of aromatic amines is 1. The van der Waals surface area contributed by atoms with E-state index in [-0.39, 0.29) is 5.56 Å². The molecule has 1 N–H and O–H groups in total. The first-order chi connectivity index (χ1) is 18.5. The third-order valence-corrected chi connectivity index (χ3v) is 6.91. The molecule has 0 bridgehead atoms. The third-order valence-electron chi connectivity index (χ3n) is 6.91. The van der Waals surface area contributed by atoms with Crippen molar-refractivity contribution in [1.82, 2.24) is 30.1 Å². The fourth-order valence-electron chi connectivity index (χ4n) is 4.72. The van der Waals surface area contributed by atoms with Crippen LogP contribution in [0.4, 0.5) is 0 Å². The fraction of sp³-hybridized carbons (Fsp3) is 0.267. The van der Waals surface area contributed by atoms with E-state index in [2.05, 4.69) is 50.5 Å². The van der Waals surface area contributed by atoms with Crippen molar-refractivity contribution < 1.29 is 4.74 Å². The highest BCUT2D eigenvalue weighted by atomic mass is 16.5. The summed E-state index contributed by atoms with van der Waals surface area (Å²) < 4.78 is 7.18. The molecule has 0 saturated carbocycles. The van der Waals surface area contributed by atoms with E-state index in [1.807, 2.05) is 66.2 Å². The Hall–Kier alpha value is -4.30. The summed E-state index contributed by atoms with van der Waals surface area (Å²) in [5.74, 6) is 1.57. The van der Waals surface area contributed by atoms with Crippen LogP contribution < -0.4 is 10.3 Å². The predicted molar refractivity (Wildman–Crippen MR) is 148 cm³/mol. The molecule has 194 valence electrons. The number of nitrogens with zero attached hydrogens (tertiary/aromatic N) is 5. The lowest BCUT2D eigenvalue weighted by molar-refractivity contribution is 0.235. The van der Waals surface area contributed by atoms with Crippen molar-refractivity contribution >= 4 is 10.9 Å². The van der Waals surface area contributed by atoms with Gasteiger partial charge in [-0.2, -0.15) is 0 Å². The van der Waals surface area contributed by atoms with Gasteiger partial charge in [-0.25, -0.2) is 4.68 Å². The number of methoxy groups -OCH3 is 1. The number of fused-ring (bicyclic) bond motifs is 1. The van der Waals surface area contributed by atoms with Gasteiger partial charge in [0.25, 0.3) is 5.56 Å². The van der Waals surface area contributed by atoms with Gasteiger partial charge in [0.2, 0.25) is 0 Å². The minimum atomic E-state index is -0.0744. The maximum atomic E-state index is 13.2. The van der Waals surface area contributed by atoms with Crippen molar-refractivity contribution in [2.75, 3.05) is 7.11 Å². The van der Waals surface area contributed by atoms with E-state index in [0.717, 1.165) is 45.6 Å². The third kappa shape index (κ3) is 5.81. The molecule has 0 fully saturated rings. The van der Waals surface area contributed by atoms with E-state index in [1.165, 1.54) is 5.56 Å². The molecule has 0 saturated heterocycles. The van der Waals surface area contributed by atoms with Gasteiger partial charge in [-0.15, -0.1) is 5.10 Å². The topological polar surface area (TPSA) is 88.9 Å². The van der Waals surface area contributed by atoms with Crippen LogP contribution in [0.2, 0.25) is 0 Å². The molecule has 0 amide bonds. The first-order valence-electron chi connectivity index (χ1n) is 12.8. The molecule has 38 heavy (non-hydrogen) atoms. The van der Waals surface area contributed by atoms with Gasteiger partial charge in [0.15, 0.2) is 5.82 Å². The van der Waals surface area contributed by atoms with E-state index < -0.39 is 0 Å². The summed E-state index contributed by atoms with van der Waals surface area (Å²) in [4.78, 5) is 18.5. The molecular formula is C30H32N6O2. The number of aromatic nitrogens is 5. The Balaban J connectivity index is 1.43. The Labute approximate surface area is 221 Å². The van der Waals surface area contributed by atoms with Gasteiger partial charge < -0.3 is 9.72 Å². The Kier molecular flexibility index (Phi) is 7.60. The maximum Gasteiger partial charge on any atom is 0.252 e. The molecular weight excluding hydrogens is 476 g/mol. The van der Waals surface area contributed by atoms with Crippen LogP contribution in [-0.2, 0) is 32.6 Å². The SMILES string of the molecule is COc1ccc(CN(Cc2cc3c(C)ccc(C)c3[nH]c2=O)Cc2nnnn2CCc2ccccc2)cc1. The van der Waals surface area contributed by atoms with E-state index in [1.54, 1.807) is 7.11 Å². The minimum absolute atomic E-state index is 0.0744. The quantitative estimate of drug-likeness (QED) is 0.297. The van der Waals surface area contributed by atoms with Gasteiger partial charge in [0, 0.05) is 30.6 Å². The molecule has 8 heteroatoms. The minimum Gasteiger partial charge on any atom is -0.497 e. The second-order valence-corrected chi connectivity index (χ2v) is 9.66. The van der Waals surface area contributed by atoms with Crippen molar-refractivity contribution in [2.45, 2.75) is 46.4 Å². The van der Waals surface area contributed by atoms with Gasteiger partial charge in [0.1, 0.15) is 5.75 Å². The highest BCUT2D eigenvalue weighted by Gasteiger charge is 2.17. The van der Waals surface area contributed by atoms with Crippen molar-refractivity contribution in [3.63, 3.8) is 0 Å². The van der Waals surface area contributed by atoms with Gasteiger partial charge >= 0.3 is 0 Å². The summed E-state index contributed by atoms with van der Waals surface area (Å²) in [6.45, 7) is 6.34. The van der Waals surface area contributed by atoms with Crippen LogP contribution in [0.25, 0.3) is 10.9 Å². The van der Waals surface area contributed by atoms with Crippen LogP contribution in [0, 0.1) is 13.8 Å². The molecule has 0 aliphatic heterocycles. The van der Waals surface area contributed by atoms with Crippen LogP contribution in [-0.4, -0.2) is 37.2 Å². The average molecular weight is 509 g/mol. The van der Waals surface area contributed by atoms with Crippen molar-refractivity contribution in [2.24, 2.45) is 0 Å². The van der Waals surface area contributed by atoms with E-state index in [0.29, 0.717) is 31.7 Å². The number of nitrogens with one attached hydrogen (secondary N) is 1. The number of benzene rings is 3. The summed E-state index contributed by atoms with van der Waals surface area (Å²) in [5, 5.41) is 13.6. The van der Waals surface area contributed by atoms with Crippen LogP contribution in [0.1, 0.15) is 33.6 Å². The lowest BCUT2D eigenvalue weighted by atomic mass is 10.0. The number of aryl methyl sites for hydroxylation is 4. The fourth-order valence-corrected chi connectivity index (χ4v) is 4.72. The number of ether oxygens (including phenoxy) is 1. The van der Waals surface area contributed by atoms with Crippen LogP contribution in [0.15, 0.2) is 77.6 Å². The number of tetrazole rings is 1. The molecule has 5 rings (SSSR count). The van der Waals surface area contributed by atoms with E-state index in [4.69, 9.17) is 4.74 Å². The Bertz CT molecular complexity index is 1570. The standard InChI is InChI=1S/C30H32N6O2/c1-21-9-10-22(2)29-27(21)17-25(30(37)31-29)19-35(18-24-11-13-26(38-3)14-12-24)20-28-32-33-34-36(28)16-15-23-7-5-4-6-8-23/h4-14,17H,15-16,18-20H2,1-3H3,(H,31,37). The zero-order valence-electron chi connectivity index (χ0n) is 22.0. The predicted octanol–water partition coefficient (Wildman–Crippen LogP) is 4.59. The number of hydrogen-bond acceptors (Lipinski definition) is 6. The largest absolute Gasteiger partial charge is 0.497 e. The number of H-pyrrole nitrogens is 1. The molecule has 8 nitrogen and oxygen atoms in total. The molecule has 0 unspecified atom stereocenters. The molecule has 0 aliphatic carbocycles. The van der Waals surface area contributed by atoms with Crippen LogP contribution in [0.5, 0.6) is 5.75 Å². The van der Waals surface area contributed by atoms with Crippen LogP contribution >= 0.6 is 0 Å². The normalized spacial score (nSPS) is 11.4. The molecule has 5 aromatic rings.